The van der Waals surface area contributed by atoms with Gasteiger partial charge in [-0.05, 0) is 18.2 Å². The SMILES string of the molecule is Nc1ccccc1-c1csc(CSc2ccccc2F)n1. The molecule has 0 saturated heterocycles. The van der Waals surface area contributed by atoms with Crippen molar-refractivity contribution in [2.75, 3.05) is 5.73 Å². The molecule has 21 heavy (non-hydrogen) atoms. The van der Waals surface area contributed by atoms with Crippen LogP contribution in [0.5, 0.6) is 0 Å². The number of nitrogens with two attached hydrogens (primary N) is 1. The monoisotopic (exact) mass is 316 g/mol. The molecule has 2 aromatic carbocycles. The first kappa shape index (κ1) is 14.1. The summed E-state index contributed by atoms with van der Waals surface area (Å²) in [6.07, 6.45) is 0. The molecule has 3 rings (SSSR count). The van der Waals surface area contributed by atoms with Gasteiger partial charge in [-0.15, -0.1) is 23.1 Å². The molecule has 1 aromatic heterocycles. The Morgan fingerprint density at radius 1 is 1.10 bits per heavy atom. The van der Waals surface area contributed by atoms with Crippen LogP contribution in [-0.4, -0.2) is 4.98 Å². The highest BCUT2D eigenvalue weighted by Crippen LogP contribution is 2.30. The molecule has 0 aliphatic heterocycles. The zero-order chi connectivity index (χ0) is 14.7. The Balaban J connectivity index is 1.74. The van der Waals surface area contributed by atoms with Crippen molar-refractivity contribution >= 4 is 28.8 Å². The summed E-state index contributed by atoms with van der Waals surface area (Å²) in [7, 11) is 0. The minimum Gasteiger partial charge on any atom is -0.398 e. The highest BCUT2D eigenvalue weighted by atomic mass is 32.2. The molecule has 0 aliphatic rings. The first-order valence-corrected chi connectivity index (χ1v) is 8.27. The quantitative estimate of drug-likeness (QED) is 0.554. The zero-order valence-electron chi connectivity index (χ0n) is 11.1. The van der Waals surface area contributed by atoms with Gasteiger partial charge in [-0.3, -0.25) is 0 Å². The van der Waals surface area contributed by atoms with E-state index in [1.54, 1.807) is 23.5 Å². The van der Waals surface area contributed by atoms with Crippen LogP contribution >= 0.6 is 23.1 Å². The van der Waals surface area contributed by atoms with Gasteiger partial charge in [-0.25, -0.2) is 9.37 Å². The van der Waals surface area contributed by atoms with Crippen LogP contribution in [0.25, 0.3) is 11.3 Å². The Bertz CT molecular complexity index is 755. The first-order chi connectivity index (χ1) is 10.2. The molecule has 0 aliphatic carbocycles. The Morgan fingerprint density at radius 2 is 1.86 bits per heavy atom. The van der Waals surface area contributed by atoms with Crippen molar-refractivity contribution in [2.24, 2.45) is 0 Å². The van der Waals surface area contributed by atoms with Gasteiger partial charge in [-0.2, -0.15) is 0 Å². The number of benzene rings is 2. The third-order valence-corrected chi connectivity index (χ3v) is 5.07. The molecule has 3 aromatic rings. The maximum absolute atomic E-state index is 13.6. The highest BCUT2D eigenvalue weighted by molar-refractivity contribution is 7.98. The molecule has 0 radical (unpaired) electrons. The molecule has 2 nitrogen and oxygen atoms in total. The van der Waals surface area contributed by atoms with Gasteiger partial charge in [-0.1, -0.05) is 30.3 Å². The van der Waals surface area contributed by atoms with E-state index in [4.69, 9.17) is 5.73 Å². The van der Waals surface area contributed by atoms with Crippen LogP contribution in [0.1, 0.15) is 5.01 Å². The second-order valence-electron chi connectivity index (χ2n) is 4.43. The molecule has 0 spiro atoms. The normalized spacial score (nSPS) is 10.7. The predicted octanol–water partition coefficient (Wildman–Crippen LogP) is 4.82. The van der Waals surface area contributed by atoms with Gasteiger partial charge >= 0.3 is 0 Å². The van der Waals surface area contributed by atoms with Crippen LogP contribution in [0.15, 0.2) is 58.8 Å². The highest BCUT2D eigenvalue weighted by Gasteiger charge is 2.08. The number of anilines is 1. The summed E-state index contributed by atoms with van der Waals surface area (Å²) in [5.41, 5.74) is 8.49. The van der Waals surface area contributed by atoms with E-state index >= 15 is 0 Å². The molecular weight excluding hydrogens is 303 g/mol. The van der Waals surface area contributed by atoms with E-state index < -0.39 is 0 Å². The number of halogens is 1. The topological polar surface area (TPSA) is 38.9 Å². The zero-order valence-corrected chi connectivity index (χ0v) is 12.8. The summed E-state index contributed by atoms with van der Waals surface area (Å²) < 4.78 is 13.6. The minimum atomic E-state index is -0.188. The summed E-state index contributed by atoms with van der Waals surface area (Å²) in [5.74, 6) is 0.463. The fourth-order valence-corrected chi connectivity index (χ4v) is 3.68. The van der Waals surface area contributed by atoms with Crippen LogP contribution in [-0.2, 0) is 5.75 Å². The molecule has 0 saturated carbocycles. The summed E-state index contributed by atoms with van der Waals surface area (Å²) in [6, 6.07) is 14.5. The van der Waals surface area contributed by atoms with Crippen molar-refractivity contribution in [2.45, 2.75) is 10.6 Å². The maximum Gasteiger partial charge on any atom is 0.136 e. The lowest BCUT2D eigenvalue weighted by Crippen LogP contribution is -1.89. The Hall–Kier alpha value is -1.85. The Labute approximate surface area is 130 Å². The van der Waals surface area contributed by atoms with Gasteiger partial charge < -0.3 is 5.73 Å². The molecule has 5 heteroatoms. The molecule has 0 fully saturated rings. The smallest absolute Gasteiger partial charge is 0.136 e. The van der Waals surface area contributed by atoms with Crippen molar-refractivity contribution in [3.63, 3.8) is 0 Å². The van der Waals surface area contributed by atoms with Gasteiger partial charge in [0.25, 0.3) is 0 Å². The number of hydrogen-bond donors (Lipinski definition) is 1. The van der Waals surface area contributed by atoms with E-state index in [1.165, 1.54) is 17.8 Å². The van der Waals surface area contributed by atoms with E-state index in [0.717, 1.165) is 22.0 Å². The van der Waals surface area contributed by atoms with Crippen molar-refractivity contribution in [3.8, 4) is 11.3 Å². The lowest BCUT2D eigenvalue weighted by Gasteiger charge is -2.01. The Morgan fingerprint density at radius 3 is 2.67 bits per heavy atom. The van der Waals surface area contributed by atoms with Crippen molar-refractivity contribution < 1.29 is 4.39 Å². The second-order valence-corrected chi connectivity index (χ2v) is 6.39. The number of rotatable bonds is 4. The average molecular weight is 316 g/mol. The number of hydrogen-bond acceptors (Lipinski definition) is 4. The lowest BCUT2D eigenvalue weighted by molar-refractivity contribution is 0.602. The summed E-state index contributed by atoms with van der Waals surface area (Å²) >= 11 is 3.02. The van der Waals surface area contributed by atoms with E-state index in [2.05, 4.69) is 4.98 Å². The van der Waals surface area contributed by atoms with Crippen LogP contribution in [0, 0.1) is 5.82 Å². The second kappa shape index (κ2) is 6.28. The third kappa shape index (κ3) is 3.25. The van der Waals surface area contributed by atoms with E-state index in [-0.39, 0.29) is 5.82 Å². The molecule has 0 bridgehead atoms. The summed E-state index contributed by atoms with van der Waals surface area (Å²) in [4.78, 5) is 5.23. The van der Waals surface area contributed by atoms with Crippen LogP contribution < -0.4 is 5.73 Å². The van der Waals surface area contributed by atoms with Gasteiger partial charge in [0.2, 0.25) is 0 Å². The number of thiazole rings is 1. The molecule has 2 N–H and O–H groups in total. The van der Waals surface area contributed by atoms with Gasteiger partial charge in [0.1, 0.15) is 10.8 Å². The van der Waals surface area contributed by atoms with Gasteiger partial charge in [0, 0.05) is 21.5 Å². The minimum absolute atomic E-state index is 0.188. The van der Waals surface area contributed by atoms with Crippen LogP contribution in [0.2, 0.25) is 0 Å². The number of aromatic nitrogens is 1. The molecule has 1 heterocycles. The standard InChI is InChI=1S/C16H13FN2S2/c17-12-6-2-4-8-15(12)20-10-16-19-14(9-21-16)11-5-1-3-7-13(11)18/h1-9H,10,18H2. The molecule has 0 amide bonds. The molecule has 106 valence electrons. The van der Waals surface area contributed by atoms with E-state index in [9.17, 15) is 4.39 Å². The number of para-hydroxylation sites is 1. The van der Waals surface area contributed by atoms with Gasteiger partial charge in [0.15, 0.2) is 0 Å². The van der Waals surface area contributed by atoms with E-state index in [1.807, 2.05) is 35.7 Å². The van der Waals surface area contributed by atoms with E-state index in [0.29, 0.717) is 10.6 Å². The number of nitrogen functional groups attached to an aromatic ring is 1. The first-order valence-electron chi connectivity index (χ1n) is 6.40. The summed E-state index contributed by atoms with van der Waals surface area (Å²) in [6.45, 7) is 0. The van der Waals surface area contributed by atoms with Crippen LogP contribution in [0.3, 0.4) is 0 Å². The number of thioether (sulfide) groups is 1. The molecular formula is C16H13FN2S2. The fourth-order valence-electron chi connectivity index (χ4n) is 1.93. The van der Waals surface area contributed by atoms with Crippen LogP contribution in [0.4, 0.5) is 10.1 Å². The fraction of sp³-hybridized carbons (Fsp3) is 0.0625. The third-order valence-electron chi connectivity index (χ3n) is 2.98. The molecule has 0 unspecified atom stereocenters. The van der Waals surface area contributed by atoms with Crippen molar-refractivity contribution in [1.82, 2.24) is 4.98 Å². The number of nitrogens with zero attached hydrogens (tertiary/aromatic N) is 1. The van der Waals surface area contributed by atoms with Crippen molar-refractivity contribution in [3.05, 3.63) is 64.7 Å². The maximum atomic E-state index is 13.6. The summed E-state index contributed by atoms with van der Waals surface area (Å²) in [5, 5.41) is 2.95. The Kier molecular flexibility index (Phi) is 4.22. The van der Waals surface area contributed by atoms with Crippen molar-refractivity contribution in [1.29, 1.82) is 0 Å². The lowest BCUT2D eigenvalue weighted by atomic mass is 10.1. The van der Waals surface area contributed by atoms with Gasteiger partial charge in [0.05, 0.1) is 11.4 Å². The molecule has 0 atom stereocenters. The average Bonchev–Trinajstić information content (AvgIpc) is 2.96. The predicted molar refractivity (Wildman–Crippen MR) is 87.9 cm³/mol. The largest absolute Gasteiger partial charge is 0.398 e.